The molecule has 1 fully saturated rings. The fraction of sp³-hybridized carbons (Fsp3) is 0.722. The summed E-state index contributed by atoms with van der Waals surface area (Å²) in [5, 5.41) is 0. The third-order valence-corrected chi connectivity index (χ3v) is 7.73. The number of esters is 1. The molecule has 148 valence electrons. The normalized spacial score (nSPS) is 16.7. The Morgan fingerprint density at radius 2 is 1.85 bits per heavy atom. The number of thiophene rings is 1. The molecule has 1 aromatic rings. The van der Waals surface area contributed by atoms with Crippen LogP contribution in [0, 0.1) is 13.8 Å². The lowest BCUT2D eigenvalue weighted by atomic mass is 10.2. The highest BCUT2D eigenvalue weighted by Crippen LogP contribution is 2.28. The van der Waals surface area contributed by atoms with Crippen molar-refractivity contribution in [1.29, 1.82) is 0 Å². The van der Waals surface area contributed by atoms with Crippen molar-refractivity contribution < 1.29 is 17.9 Å². The van der Waals surface area contributed by atoms with Crippen LogP contribution in [0.15, 0.2) is 11.0 Å². The second-order valence-corrected chi connectivity index (χ2v) is 10.0. The van der Waals surface area contributed by atoms with Crippen LogP contribution in [0.3, 0.4) is 0 Å². The van der Waals surface area contributed by atoms with Crippen LogP contribution >= 0.6 is 11.3 Å². The second kappa shape index (κ2) is 9.82. The van der Waals surface area contributed by atoms with E-state index in [9.17, 15) is 13.2 Å². The summed E-state index contributed by atoms with van der Waals surface area (Å²) in [4.78, 5) is 16.0. The van der Waals surface area contributed by atoms with Gasteiger partial charge in [-0.05, 0) is 46.2 Å². The van der Waals surface area contributed by atoms with Gasteiger partial charge in [-0.2, -0.15) is 4.31 Å². The Balaban J connectivity index is 1.72. The first-order chi connectivity index (χ1) is 12.3. The fourth-order valence-corrected chi connectivity index (χ4v) is 6.16. The highest BCUT2D eigenvalue weighted by Gasteiger charge is 2.30. The third-order valence-electron chi connectivity index (χ3n) is 4.61. The Bertz CT molecular complexity index is 692. The summed E-state index contributed by atoms with van der Waals surface area (Å²) in [5.41, 5.74) is 0. The lowest BCUT2D eigenvalue weighted by molar-refractivity contribution is -0.143. The van der Waals surface area contributed by atoms with Gasteiger partial charge < -0.3 is 9.64 Å². The van der Waals surface area contributed by atoms with Crippen LogP contribution in [0.25, 0.3) is 0 Å². The van der Waals surface area contributed by atoms with Crippen molar-refractivity contribution in [2.45, 2.75) is 51.3 Å². The third kappa shape index (κ3) is 5.77. The van der Waals surface area contributed by atoms with E-state index in [0.29, 0.717) is 31.0 Å². The van der Waals surface area contributed by atoms with Crippen molar-refractivity contribution in [3.05, 3.63) is 15.8 Å². The molecule has 0 aliphatic carbocycles. The molecule has 0 N–H and O–H groups in total. The first-order valence-electron chi connectivity index (χ1n) is 9.29. The number of hydrogen-bond donors (Lipinski definition) is 0. The Morgan fingerprint density at radius 3 is 2.42 bits per heavy atom. The number of rotatable bonds is 9. The summed E-state index contributed by atoms with van der Waals surface area (Å²) in [6.07, 6.45) is 3.35. The molecule has 0 saturated carbocycles. The maximum absolute atomic E-state index is 12.8. The number of hydrogen-bond acceptors (Lipinski definition) is 6. The van der Waals surface area contributed by atoms with Crippen LogP contribution in [-0.4, -0.2) is 62.9 Å². The quantitative estimate of drug-likeness (QED) is 0.469. The molecule has 2 heterocycles. The average Bonchev–Trinajstić information content (AvgIpc) is 2.94. The van der Waals surface area contributed by atoms with Gasteiger partial charge in [0.05, 0.1) is 11.5 Å². The molecule has 0 unspecified atom stereocenters. The Kier molecular flexibility index (Phi) is 8.06. The Hall–Kier alpha value is -0.960. The molecule has 1 aromatic heterocycles. The number of ether oxygens (including phenoxy) is 1. The second-order valence-electron chi connectivity index (χ2n) is 6.64. The van der Waals surface area contributed by atoms with Crippen molar-refractivity contribution >= 4 is 27.3 Å². The zero-order valence-corrected chi connectivity index (χ0v) is 17.6. The minimum atomic E-state index is -3.37. The van der Waals surface area contributed by atoms with Gasteiger partial charge in [0, 0.05) is 42.4 Å². The van der Waals surface area contributed by atoms with Crippen molar-refractivity contribution in [3.63, 3.8) is 0 Å². The van der Waals surface area contributed by atoms with E-state index in [-0.39, 0.29) is 5.97 Å². The van der Waals surface area contributed by atoms with Gasteiger partial charge in [0.25, 0.3) is 0 Å². The maximum Gasteiger partial charge on any atom is 0.305 e. The molecule has 2 rings (SSSR count). The molecular formula is C18H30N2O4S2. The molecule has 1 aliphatic rings. The standard InChI is InChI=1S/C18H30N2O4S2/c1-4-24-18(21)8-6-5-7-9-19-10-12-20(13-11-19)26(22,23)17-14-15(2)25-16(17)3/h14H,4-13H2,1-3H3. The van der Waals surface area contributed by atoms with Gasteiger partial charge >= 0.3 is 5.97 Å². The molecule has 0 spiro atoms. The largest absolute Gasteiger partial charge is 0.466 e. The van der Waals surface area contributed by atoms with E-state index < -0.39 is 10.0 Å². The highest BCUT2D eigenvalue weighted by molar-refractivity contribution is 7.89. The first kappa shape index (κ1) is 21.3. The summed E-state index contributed by atoms with van der Waals surface area (Å²) in [6, 6.07) is 1.78. The number of carbonyl (C=O) groups excluding carboxylic acids is 1. The van der Waals surface area contributed by atoms with Gasteiger partial charge in [0.15, 0.2) is 0 Å². The number of nitrogens with zero attached hydrogens (tertiary/aromatic N) is 2. The molecule has 1 saturated heterocycles. The molecule has 26 heavy (non-hydrogen) atoms. The number of aryl methyl sites for hydroxylation is 2. The molecule has 0 amide bonds. The number of unbranched alkanes of at least 4 members (excludes halogenated alkanes) is 2. The summed E-state index contributed by atoms with van der Waals surface area (Å²) in [6.45, 7) is 9.63. The molecule has 0 atom stereocenters. The lowest BCUT2D eigenvalue weighted by Gasteiger charge is -2.34. The van der Waals surface area contributed by atoms with E-state index in [1.807, 2.05) is 20.8 Å². The molecule has 0 radical (unpaired) electrons. The molecule has 0 bridgehead atoms. The van der Waals surface area contributed by atoms with Crippen LogP contribution in [0.5, 0.6) is 0 Å². The van der Waals surface area contributed by atoms with E-state index in [2.05, 4.69) is 4.90 Å². The summed E-state index contributed by atoms with van der Waals surface area (Å²) in [5.74, 6) is -0.120. The Labute approximate surface area is 161 Å². The average molecular weight is 403 g/mol. The van der Waals surface area contributed by atoms with Crippen molar-refractivity contribution in [3.8, 4) is 0 Å². The summed E-state index contributed by atoms with van der Waals surface area (Å²) in [7, 11) is -3.37. The van der Waals surface area contributed by atoms with Gasteiger partial charge in [-0.15, -0.1) is 11.3 Å². The molecule has 6 nitrogen and oxygen atoms in total. The van der Waals surface area contributed by atoms with Gasteiger partial charge in [-0.1, -0.05) is 6.42 Å². The van der Waals surface area contributed by atoms with Gasteiger partial charge in [0.2, 0.25) is 10.0 Å². The van der Waals surface area contributed by atoms with E-state index in [1.54, 1.807) is 10.4 Å². The molecule has 0 aromatic carbocycles. The van der Waals surface area contributed by atoms with Crippen LogP contribution in [0.4, 0.5) is 0 Å². The predicted molar refractivity (Wildman–Crippen MR) is 104 cm³/mol. The fourth-order valence-electron chi connectivity index (χ4n) is 3.21. The SMILES string of the molecule is CCOC(=O)CCCCCN1CCN(S(=O)(=O)c2cc(C)sc2C)CC1. The maximum atomic E-state index is 12.8. The summed E-state index contributed by atoms with van der Waals surface area (Å²) < 4.78 is 32.2. The van der Waals surface area contributed by atoms with Crippen LogP contribution < -0.4 is 0 Å². The monoisotopic (exact) mass is 402 g/mol. The first-order valence-corrected chi connectivity index (χ1v) is 11.6. The zero-order valence-electron chi connectivity index (χ0n) is 16.0. The topological polar surface area (TPSA) is 66.9 Å². The van der Waals surface area contributed by atoms with Crippen LogP contribution in [-0.2, 0) is 19.6 Å². The van der Waals surface area contributed by atoms with E-state index in [4.69, 9.17) is 4.74 Å². The molecule has 1 aliphatic heterocycles. The predicted octanol–water partition coefficient (Wildman–Crippen LogP) is 2.79. The highest BCUT2D eigenvalue weighted by atomic mass is 32.2. The van der Waals surface area contributed by atoms with E-state index >= 15 is 0 Å². The number of carbonyl (C=O) groups is 1. The van der Waals surface area contributed by atoms with Crippen molar-refractivity contribution in [2.75, 3.05) is 39.3 Å². The Morgan fingerprint density at radius 1 is 1.15 bits per heavy atom. The minimum Gasteiger partial charge on any atom is -0.466 e. The smallest absolute Gasteiger partial charge is 0.305 e. The number of piperazine rings is 1. The van der Waals surface area contributed by atoms with Crippen molar-refractivity contribution in [2.24, 2.45) is 0 Å². The summed E-state index contributed by atoms with van der Waals surface area (Å²) >= 11 is 1.53. The van der Waals surface area contributed by atoms with Crippen LogP contribution in [0.1, 0.15) is 42.4 Å². The van der Waals surface area contributed by atoms with E-state index in [0.717, 1.165) is 48.7 Å². The van der Waals surface area contributed by atoms with Gasteiger partial charge in [-0.3, -0.25) is 4.79 Å². The van der Waals surface area contributed by atoms with Crippen LogP contribution in [0.2, 0.25) is 0 Å². The molecular weight excluding hydrogens is 372 g/mol. The number of sulfonamides is 1. The zero-order chi connectivity index (χ0) is 19.2. The van der Waals surface area contributed by atoms with Gasteiger partial charge in [-0.25, -0.2) is 8.42 Å². The lowest BCUT2D eigenvalue weighted by Crippen LogP contribution is -2.48. The van der Waals surface area contributed by atoms with E-state index in [1.165, 1.54) is 11.3 Å². The van der Waals surface area contributed by atoms with Gasteiger partial charge in [0.1, 0.15) is 0 Å². The van der Waals surface area contributed by atoms with Crippen molar-refractivity contribution in [1.82, 2.24) is 9.21 Å². The molecule has 8 heteroatoms. The minimum absolute atomic E-state index is 0.120.